The van der Waals surface area contributed by atoms with Crippen LogP contribution in [0.4, 0.5) is 5.13 Å². The SMILES string of the molecule is CCOC(=O)Cc1csc(NN=Cc2cc(OCC)cc(OCC)c2)n1. The second-order valence-corrected chi connectivity index (χ2v) is 5.96. The van der Waals surface area contributed by atoms with Crippen LogP contribution < -0.4 is 14.9 Å². The number of carbonyl (C=O) groups excluding carboxylic acids is 1. The molecule has 0 radical (unpaired) electrons. The van der Waals surface area contributed by atoms with E-state index in [1.54, 1.807) is 18.5 Å². The lowest BCUT2D eigenvalue weighted by molar-refractivity contribution is -0.142. The molecule has 0 fully saturated rings. The van der Waals surface area contributed by atoms with Crippen molar-refractivity contribution in [3.05, 3.63) is 34.8 Å². The molecule has 0 aliphatic carbocycles. The van der Waals surface area contributed by atoms with Crippen molar-refractivity contribution in [1.29, 1.82) is 0 Å². The molecule has 1 heterocycles. The highest BCUT2D eigenvalue weighted by molar-refractivity contribution is 7.13. The molecule has 1 aromatic heterocycles. The molecule has 0 unspecified atom stereocenters. The van der Waals surface area contributed by atoms with Gasteiger partial charge in [-0.15, -0.1) is 11.3 Å². The second kappa shape index (κ2) is 10.4. The molecule has 1 N–H and O–H groups in total. The van der Waals surface area contributed by atoms with Crippen molar-refractivity contribution in [1.82, 2.24) is 4.98 Å². The van der Waals surface area contributed by atoms with E-state index in [0.717, 1.165) is 17.1 Å². The molecular weight excluding hydrogens is 354 g/mol. The number of benzene rings is 1. The summed E-state index contributed by atoms with van der Waals surface area (Å²) in [6, 6.07) is 5.61. The van der Waals surface area contributed by atoms with Crippen LogP contribution >= 0.6 is 11.3 Å². The number of esters is 1. The van der Waals surface area contributed by atoms with Gasteiger partial charge >= 0.3 is 5.97 Å². The number of hydrogen-bond acceptors (Lipinski definition) is 8. The number of hydrogen-bond donors (Lipinski definition) is 1. The third-order valence-electron chi connectivity index (χ3n) is 3.08. The first-order valence-corrected chi connectivity index (χ1v) is 9.32. The van der Waals surface area contributed by atoms with Crippen LogP contribution in [0.15, 0.2) is 28.7 Å². The minimum absolute atomic E-state index is 0.157. The Labute approximate surface area is 157 Å². The van der Waals surface area contributed by atoms with Gasteiger partial charge in [-0.1, -0.05) is 0 Å². The third-order valence-corrected chi connectivity index (χ3v) is 3.88. The highest BCUT2D eigenvalue weighted by atomic mass is 32.1. The molecule has 0 aliphatic heterocycles. The van der Waals surface area contributed by atoms with E-state index >= 15 is 0 Å². The zero-order valence-corrected chi connectivity index (χ0v) is 16.0. The maximum absolute atomic E-state index is 11.5. The quantitative estimate of drug-likeness (QED) is 0.388. The zero-order valence-electron chi connectivity index (χ0n) is 15.2. The van der Waals surface area contributed by atoms with Gasteiger partial charge in [0.2, 0.25) is 5.13 Å². The minimum Gasteiger partial charge on any atom is -0.494 e. The molecule has 0 aliphatic rings. The number of ether oxygens (including phenoxy) is 3. The Kier molecular flexibility index (Phi) is 7.88. The molecule has 2 rings (SSSR count). The molecule has 0 amide bonds. The van der Waals surface area contributed by atoms with Crippen molar-refractivity contribution in [2.45, 2.75) is 27.2 Å². The van der Waals surface area contributed by atoms with Crippen molar-refractivity contribution >= 4 is 28.7 Å². The van der Waals surface area contributed by atoms with Gasteiger partial charge in [-0.25, -0.2) is 4.98 Å². The van der Waals surface area contributed by atoms with Crippen LogP contribution in [-0.4, -0.2) is 37.0 Å². The highest BCUT2D eigenvalue weighted by Crippen LogP contribution is 2.22. The topological polar surface area (TPSA) is 82.0 Å². The van der Waals surface area contributed by atoms with Gasteiger partial charge in [0.05, 0.1) is 38.1 Å². The fourth-order valence-corrected chi connectivity index (χ4v) is 2.79. The van der Waals surface area contributed by atoms with E-state index in [9.17, 15) is 4.79 Å². The maximum atomic E-state index is 11.5. The summed E-state index contributed by atoms with van der Waals surface area (Å²) in [5.41, 5.74) is 4.36. The average molecular weight is 377 g/mol. The van der Waals surface area contributed by atoms with Gasteiger partial charge in [0.15, 0.2) is 0 Å². The molecule has 0 spiro atoms. The lowest BCUT2D eigenvalue weighted by atomic mass is 10.2. The lowest BCUT2D eigenvalue weighted by Crippen LogP contribution is -2.07. The Balaban J connectivity index is 1.99. The first-order valence-electron chi connectivity index (χ1n) is 8.44. The summed E-state index contributed by atoms with van der Waals surface area (Å²) in [5, 5.41) is 6.60. The Bertz CT molecular complexity index is 722. The molecule has 8 heteroatoms. The highest BCUT2D eigenvalue weighted by Gasteiger charge is 2.08. The summed E-state index contributed by atoms with van der Waals surface area (Å²) in [6.07, 6.45) is 1.82. The Morgan fingerprint density at radius 2 is 1.85 bits per heavy atom. The predicted octanol–water partition coefficient (Wildman–Crippen LogP) is 3.49. The molecule has 7 nitrogen and oxygen atoms in total. The van der Waals surface area contributed by atoms with Gasteiger partial charge in [-0.2, -0.15) is 5.10 Å². The molecule has 140 valence electrons. The second-order valence-electron chi connectivity index (χ2n) is 5.10. The minimum atomic E-state index is -0.288. The van der Waals surface area contributed by atoms with Crippen LogP contribution in [0.1, 0.15) is 32.0 Å². The maximum Gasteiger partial charge on any atom is 0.311 e. The van der Waals surface area contributed by atoms with Gasteiger partial charge in [0.1, 0.15) is 11.5 Å². The number of hydrazone groups is 1. The van der Waals surface area contributed by atoms with E-state index in [0.29, 0.717) is 30.6 Å². The van der Waals surface area contributed by atoms with Gasteiger partial charge < -0.3 is 14.2 Å². The van der Waals surface area contributed by atoms with Crippen LogP contribution in [0, 0.1) is 0 Å². The number of nitrogens with zero attached hydrogens (tertiary/aromatic N) is 2. The number of rotatable bonds is 10. The number of aromatic nitrogens is 1. The van der Waals surface area contributed by atoms with Crippen LogP contribution in [-0.2, 0) is 16.0 Å². The van der Waals surface area contributed by atoms with E-state index in [1.807, 2.05) is 32.0 Å². The van der Waals surface area contributed by atoms with Crippen molar-refractivity contribution in [2.24, 2.45) is 5.10 Å². The van der Waals surface area contributed by atoms with Gasteiger partial charge in [0.25, 0.3) is 0 Å². The van der Waals surface area contributed by atoms with Gasteiger partial charge in [-0.3, -0.25) is 10.2 Å². The Hall–Kier alpha value is -2.61. The van der Waals surface area contributed by atoms with Crippen molar-refractivity contribution in [3.63, 3.8) is 0 Å². The van der Waals surface area contributed by atoms with Crippen molar-refractivity contribution < 1.29 is 19.0 Å². The molecule has 0 saturated carbocycles. The Morgan fingerprint density at radius 3 is 2.46 bits per heavy atom. The van der Waals surface area contributed by atoms with Crippen molar-refractivity contribution in [3.8, 4) is 11.5 Å². The van der Waals surface area contributed by atoms with Crippen LogP contribution in [0.2, 0.25) is 0 Å². The molecular formula is C18H23N3O4S. The summed E-state index contributed by atoms with van der Waals surface area (Å²) in [4.78, 5) is 15.8. The smallest absolute Gasteiger partial charge is 0.311 e. The van der Waals surface area contributed by atoms with Crippen LogP contribution in [0.25, 0.3) is 0 Å². The first-order chi connectivity index (χ1) is 12.6. The van der Waals surface area contributed by atoms with Crippen molar-refractivity contribution in [2.75, 3.05) is 25.2 Å². The largest absolute Gasteiger partial charge is 0.494 e. The lowest BCUT2D eigenvalue weighted by Gasteiger charge is -2.08. The fraction of sp³-hybridized carbons (Fsp3) is 0.389. The van der Waals surface area contributed by atoms with Crippen LogP contribution in [0.5, 0.6) is 11.5 Å². The molecule has 26 heavy (non-hydrogen) atoms. The summed E-state index contributed by atoms with van der Waals surface area (Å²) in [6.45, 7) is 7.15. The molecule has 1 aromatic carbocycles. The molecule has 0 saturated heterocycles. The summed E-state index contributed by atoms with van der Waals surface area (Å²) < 4.78 is 16.0. The van der Waals surface area contributed by atoms with E-state index < -0.39 is 0 Å². The summed E-state index contributed by atoms with van der Waals surface area (Å²) >= 11 is 1.37. The molecule has 2 aromatic rings. The average Bonchev–Trinajstić information content (AvgIpc) is 3.03. The Morgan fingerprint density at radius 1 is 1.15 bits per heavy atom. The number of thiazole rings is 1. The van der Waals surface area contributed by atoms with E-state index in [-0.39, 0.29) is 12.4 Å². The standard InChI is InChI=1S/C18H23N3O4S/c1-4-23-15-7-13(8-16(10-15)24-5-2)11-19-21-18-20-14(12-26-18)9-17(22)25-6-3/h7-8,10-12H,4-6,9H2,1-3H3,(H,20,21). The van der Waals surface area contributed by atoms with Gasteiger partial charge in [0, 0.05) is 17.0 Å². The van der Waals surface area contributed by atoms with Gasteiger partial charge in [-0.05, 0) is 32.9 Å². The number of carbonyl (C=O) groups is 1. The third kappa shape index (κ3) is 6.36. The number of nitrogens with one attached hydrogen (secondary N) is 1. The molecule has 0 atom stereocenters. The number of anilines is 1. The first kappa shape index (κ1) is 19.7. The van der Waals surface area contributed by atoms with E-state index in [4.69, 9.17) is 14.2 Å². The monoisotopic (exact) mass is 377 g/mol. The van der Waals surface area contributed by atoms with Crippen LogP contribution in [0.3, 0.4) is 0 Å². The normalized spacial score (nSPS) is 10.7. The fourth-order valence-electron chi connectivity index (χ4n) is 2.13. The molecule has 0 bridgehead atoms. The summed E-state index contributed by atoms with van der Waals surface area (Å²) in [7, 11) is 0. The van der Waals surface area contributed by atoms with E-state index in [1.165, 1.54) is 11.3 Å². The zero-order chi connectivity index (χ0) is 18.8. The predicted molar refractivity (Wildman–Crippen MR) is 102 cm³/mol. The van der Waals surface area contributed by atoms with E-state index in [2.05, 4.69) is 15.5 Å². The summed E-state index contributed by atoms with van der Waals surface area (Å²) in [5.74, 6) is 1.17.